The number of carbonyl (C=O) groups excluding carboxylic acids is 1. The van der Waals surface area contributed by atoms with Gasteiger partial charge < -0.3 is 10.1 Å². The zero-order valence-corrected chi connectivity index (χ0v) is 19.3. The first-order valence-corrected chi connectivity index (χ1v) is 11.3. The molecule has 0 saturated heterocycles. The summed E-state index contributed by atoms with van der Waals surface area (Å²) < 4.78 is 5.73. The third kappa shape index (κ3) is 5.83. The lowest BCUT2D eigenvalue weighted by Gasteiger charge is -2.20. The van der Waals surface area contributed by atoms with Crippen LogP contribution in [0, 0.1) is 0 Å². The second-order valence-electron chi connectivity index (χ2n) is 7.82. The van der Waals surface area contributed by atoms with Gasteiger partial charge in [0.25, 0.3) is 0 Å². The van der Waals surface area contributed by atoms with E-state index in [9.17, 15) is 4.79 Å². The van der Waals surface area contributed by atoms with Crippen LogP contribution < -0.4 is 10.1 Å². The smallest absolute Gasteiger partial charge is 0.230 e. The summed E-state index contributed by atoms with van der Waals surface area (Å²) in [6.07, 6.45) is 0.238. The van der Waals surface area contributed by atoms with Crippen molar-refractivity contribution < 1.29 is 9.53 Å². The highest BCUT2D eigenvalue weighted by Gasteiger charge is 2.17. The minimum atomic E-state index is -0.0551. The topological polar surface area (TPSA) is 51.2 Å². The third-order valence-corrected chi connectivity index (χ3v) is 5.88. The molecule has 6 heteroatoms. The molecule has 0 atom stereocenters. The monoisotopic (exact) mass is 442 g/mol. The summed E-state index contributed by atoms with van der Waals surface area (Å²) >= 11 is 7.38. The standard InChI is InChI=1S/C24H27ClN2O2S/c1-15(2)20-6-5-7-21(16(3)4)24(20)27-22(28)12-18-14-30-23(26-18)13-29-19-10-8-17(25)9-11-19/h5-11,14-16H,12-13H2,1-4H3,(H,27,28). The van der Waals surface area contributed by atoms with Crippen LogP contribution >= 0.6 is 22.9 Å². The van der Waals surface area contributed by atoms with Crippen molar-refractivity contribution in [2.75, 3.05) is 5.32 Å². The maximum Gasteiger partial charge on any atom is 0.230 e. The Morgan fingerprint density at radius 1 is 1.07 bits per heavy atom. The molecular formula is C24H27ClN2O2S. The number of para-hydroxylation sites is 1. The molecule has 3 aromatic rings. The van der Waals surface area contributed by atoms with Gasteiger partial charge in [-0.05, 0) is 47.2 Å². The highest BCUT2D eigenvalue weighted by atomic mass is 35.5. The van der Waals surface area contributed by atoms with Crippen molar-refractivity contribution in [2.45, 2.75) is 52.6 Å². The van der Waals surface area contributed by atoms with Gasteiger partial charge in [-0.2, -0.15) is 0 Å². The van der Waals surface area contributed by atoms with E-state index in [1.807, 2.05) is 17.5 Å². The Bertz CT molecular complexity index is 970. The molecule has 1 N–H and O–H groups in total. The predicted molar refractivity (Wildman–Crippen MR) is 125 cm³/mol. The van der Waals surface area contributed by atoms with Gasteiger partial charge >= 0.3 is 0 Å². The fourth-order valence-corrected chi connectivity index (χ4v) is 4.05. The van der Waals surface area contributed by atoms with Crippen molar-refractivity contribution in [1.82, 2.24) is 4.98 Å². The molecule has 0 bridgehead atoms. The number of rotatable bonds is 8. The number of ether oxygens (including phenoxy) is 1. The van der Waals surface area contributed by atoms with E-state index in [0.29, 0.717) is 23.5 Å². The van der Waals surface area contributed by atoms with Crippen molar-refractivity contribution in [1.29, 1.82) is 0 Å². The molecule has 30 heavy (non-hydrogen) atoms. The quantitative estimate of drug-likeness (QED) is 0.417. The molecular weight excluding hydrogens is 416 g/mol. The van der Waals surface area contributed by atoms with E-state index in [-0.39, 0.29) is 12.3 Å². The molecule has 1 heterocycles. The number of benzene rings is 2. The van der Waals surface area contributed by atoms with Crippen molar-refractivity contribution in [2.24, 2.45) is 0 Å². The number of nitrogens with zero attached hydrogens (tertiary/aromatic N) is 1. The van der Waals surface area contributed by atoms with Crippen LogP contribution in [0.4, 0.5) is 5.69 Å². The molecule has 2 aromatic carbocycles. The molecule has 0 aliphatic carbocycles. The van der Waals surface area contributed by atoms with E-state index in [4.69, 9.17) is 16.3 Å². The first-order chi connectivity index (χ1) is 14.3. The summed E-state index contributed by atoms with van der Waals surface area (Å²) in [6, 6.07) is 13.4. The Balaban J connectivity index is 1.64. The van der Waals surface area contributed by atoms with E-state index in [1.54, 1.807) is 12.1 Å². The van der Waals surface area contributed by atoms with Gasteiger partial charge in [0, 0.05) is 16.1 Å². The van der Waals surface area contributed by atoms with E-state index in [1.165, 1.54) is 11.3 Å². The molecule has 0 aliphatic rings. The number of hydrogen-bond donors (Lipinski definition) is 1. The van der Waals surface area contributed by atoms with Crippen LogP contribution in [0.3, 0.4) is 0 Å². The van der Waals surface area contributed by atoms with Crippen molar-refractivity contribution >= 4 is 34.5 Å². The number of thiazole rings is 1. The average molecular weight is 443 g/mol. The highest BCUT2D eigenvalue weighted by Crippen LogP contribution is 2.32. The number of aromatic nitrogens is 1. The third-order valence-electron chi connectivity index (χ3n) is 4.75. The van der Waals surface area contributed by atoms with Crippen molar-refractivity contribution in [3.8, 4) is 5.75 Å². The van der Waals surface area contributed by atoms with Gasteiger partial charge in [0.05, 0.1) is 12.1 Å². The van der Waals surface area contributed by atoms with E-state index in [2.05, 4.69) is 56.2 Å². The second kappa shape index (κ2) is 10.1. The van der Waals surface area contributed by atoms with E-state index >= 15 is 0 Å². The van der Waals surface area contributed by atoms with Gasteiger partial charge in [0.15, 0.2) is 0 Å². The molecule has 1 aromatic heterocycles. The van der Waals surface area contributed by atoms with Gasteiger partial charge in [-0.25, -0.2) is 4.98 Å². The van der Waals surface area contributed by atoms with E-state index in [0.717, 1.165) is 33.3 Å². The zero-order chi connectivity index (χ0) is 21.7. The Hall–Kier alpha value is -2.37. The number of nitrogens with one attached hydrogen (secondary N) is 1. The lowest BCUT2D eigenvalue weighted by atomic mass is 9.92. The van der Waals surface area contributed by atoms with Gasteiger partial charge in [0.2, 0.25) is 5.91 Å². The summed E-state index contributed by atoms with van der Waals surface area (Å²) in [5.74, 6) is 1.34. The lowest BCUT2D eigenvalue weighted by Crippen LogP contribution is -2.18. The molecule has 3 rings (SSSR count). The number of carbonyl (C=O) groups is 1. The van der Waals surface area contributed by atoms with Crippen LogP contribution in [-0.2, 0) is 17.8 Å². The van der Waals surface area contributed by atoms with Crippen molar-refractivity contribution in [3.63, 3.8) is 0 Å². The van der Waals surface area contributed by atoms with Gasteiger partial charge in [0.1, 0.15) is 17.4 Å². The molecule has 0 unspecified atom stereocenters. The second-order valence-corrected chi connectivity index (χ2v) is 9.20. The molecule has 0 radical (unpaired) electrons. The molecule has 0 aliphatic heterocycles. The zero-order valence-electron chi connectivity index (χ0n) is 17.7. The Kier molecular flexibility index (Phi) is 7.51. The minimum Gasteiger partial charge on any atom is -0.486 e. The predicted octanol–water partition coefficient (Wildman–Crippen LogP) is 6.80. The summed E-state index contributed by atoms with van der Waals surface area (Å²) in [5, 5.41) is 6.56. The average Bonchev–Trinajstić information content (AvgIpc) is 3.14. The maximum absolute atomic E-state index is 12.8. The SMILES string of the molecule is CC(C)c1cccc(C(C)C)c1NC(=O)Cc1csc(COc2ccc(Cl)cc2)n1. The van der Waals surface area contributed by atoms with Gasteiger partial charge in [-0.15, -0.1) is 11.3 Å². The Labute approximate surface area is 187 Å². The Morgan fingerprint density at radius 2 is 1.70 bits per heavy atom. The van der Waals surface area contributed by atoms with Crippen molar-refractivity contribution in [3.05, 3.63) is 74.7 Å². The van der Waals surface area contributed by atoms with Crippen LogP contribution in [0.1, 0.15) is 61.4 Å². The fraction of sp³-hybridized carbons (Fsp3) is 0.333. The molecule has 158 valence electrons. The summed E-state index contributed by atoms with van der Waals surface area (Å²) in [4.78, 5) is 17.3. The summed E-state index contributed by atoms with van der Waals surface area (Å²) in [6.45, 7) is 8.93. The number of hydrogen-bond acceptors (Lipinski definition) is 4. The lowest BCUT2D eigenvalue weighted by molar-refractivity contribution is -0.115. The van der Waals surface area contributed by atoms with Gasteiger partial charge in [-0.1, -0.05) is 57.5 Å². The van der Waals surface area contributed by atoms with Crippen LogP contribution in [0.25, 0.3) is 0 Å². The minimum absolute atomic E-state index is 0.0551. The van der Waals surface area contributed by atoms with Crippen LogP contribution in [-0.4, -0.2) is 10.9 Å². The molecule has 1 amide bonds. The largest absolute Gasteiger partial charge is 0.486 e. The van der Waals surface area contributed by atoms with Crippen LogP contribution in [0.5, 0.6) is 5.75 Å². The number of anilines is 1. The first-order valence-electron chi connectivity index (χ1n) is 10.1. The van der Waals surface area contributed by atoms with Gasteiger partial charge in [-0.3, -0.25) is 4.79 Å². The molecule has 0 saturated carbocycles. The van der Waals surface area contributed by atoms with Crippen LogP contribution in [0.15, 0.2) is 47.8 Å². The molecule has 4 nitrogen and oxygen atoms in total. The number of halogens is 1. The summed E-state index contributed by atoms with van der Waals surface area (Å²) in [5.41, 5.74) is 4.00. The summed E-state index contributed by atoms with van der Waals surface area (Å²) in [7, 11) is 0. The fourth-order valence-electron chi connectivity index (χ4n) is 3.22. The van der Waals surface area contributed by atoms with E-state index < -0.39 is 0 Å². The van der Waals surface area contributed by atoms with Crippen LogP contribution in [0.2, 0.25) is 5.02 Å². The normalized spacial score (nSPS) is 11.2. The first kappa shape index (κ1) is 22.3. The maximum atomic E-state index is 12.8. The molecule has 0 spiro atoms. The number of amides is 1. The highest BCUT2D eigenvalue weighted by molar-refractivity contribution is 7.09. The Morgan fingerprint density at radius 3 is 2.30 bits per heavy atom. The molecule has 0 fully saturated rings.